The Morgan fingerprint density at radius 2 is 0.808 bits per heavy atom. The van der Waals surface area contributed by atoms with Gasteiger partial charge in [0, 0.05) is 11.4 Å². The van der Waals surface area contributed by atoms with Gasteiger partial charge in [0.15, 0.2) is 0 Å². The van der Waals surface area contributed by atoms with E-state index in [0.29, 0.717) is 0 Å². The highest BCUT2D eigenvalue weighted by Gasteiger charge is 2.33. The second kappa shape index (κ2) is 6.35. The van der Waals surface area contributed by atoms with Crippen molar-refractivity contribution in [2.24, 2.45) is 0 Å². The quantitative estimate of drug-likeness (QED) is 0.605. The first-order chi connectivity index (χ1) is 12.1. The Morgan fingerprint density at radius 3 is 1.08 bits per heavy atom. The van der Waals surface area contributed by atoms with Gasteiger partial charge in [0.05, 0.1) is 11.4 Å². The highest BCUT2D eigenvalue weighted by Crippen LogP contribution is 2.43. The molecule has 1 heterocycles. The molecule has 2 nitrogen and oxygen atoms in total. The molecule has 3 rings (SSSR count). The zero-order valence-electron chi connectivity index (χ0n) is 17.4. The van der Waals surface area contributed by atoms with Crippen LogP contribution >= 0.6 is 0 Å². The zero-order valence-corrected chi connectivity index (χ0v) is 17.4. The van der Waals surface area contributed by atoms with Gasteiger partial charge in [-0.25, -0.2) is 0 Å². The van der Waals surface area contributed by atoms with Gasteiger partial charge in [-0.15, -0.1) is 0 Å². The maximum Gasteiger partial charge on any atom is 0.114 e. The van der Waals surface area contributed by atoms with Crippen molar-refractivity contribution in [1.82, 2.24) is 0 Å². The van der Waals surface area contributed by atoms with E-state index in [4.69, 9.17) is 0 Å². The fourth-order valence-corrected chi connectivity index (χ4v) is 4.45. The molecule has 0 spiro atoms. The first-order valence-electron chi connectivity index (χ1n) is 9.25. The third-order valence-corrected chi connectivity index (χ3v) is 5.43. The van der Waals surface area contributed by atoms with Gasteiger partial charge < -0.3 is 0 Å². The largest absolute Gasteiger partial charge is 0.298 e. The van der Waals surface area contributed by atoms with Crippen LogP contribution in [-0.2, 0) is 0 Å². The van der Waals surface area contributed by atoms with Crippen LogP contribution < -0.4 is 9.80 Å². The Balaban J connectivity index is 2.17. The first kappa shape index (κ1) is 18.3. The number of rotatable bonds is 2. The van der Waals surface area contributed by atoms with Crippen LogP contribution in [-0.4, -0.2) is 0 Å². The van der Waals surface area contributed by atoms with Gasteiger partial charge in [-0.1, -0.05) is 42.0 Å². The van der Waals surface area contributed by atoms with Gasteiger partial charge in [-0.05, 0) is 77.6 Å². The lowest BCUT2D eigenvalue weighted by atomic mass is 10.0. The molecule has 0 radical (unpaired) electrons. The van der Waals surface area contributed by atoms with E-state index in [9.17, 15) is 0 Å². The van der Waals surface area contributed by atoms with Gasteiger partial charge in [0.1, 0.15) is 5.82 Å². The van der Waals surface area contributed by atoms with Crippen LogP contribution in [0.4, 0.5) is 11.4 Å². The second-order valence-electron chi connectivity index (χ2n) is 7.75. The summed E-state index contributed by atoms with van der Waals surface area (Å²) >= 11 is 0. The van der Waals surface area contributed by atoms with E-state index in [1.54, 1.807) is 0 Å². The molecule has 0 saturated heterocycles. The van der Waals surface area contributed by atoms with E-state index in [1.807, 2.05) is 0 Å². The minimum Gasteiger partial charge on any atom is -0.298 e. The molecular formula is C24H30N2. The number of nitrogens with zero attached hydrogens (tertiary/aromatic N) is 2. The van der Waals surface area contributed by atoms with E-state index < -0.39 is 0 Å². The van der Waals surface area contributed by atoms with E-state index in [0.717, 1.165) is 5.82 Å². The van der Waals surface area contributed by atoms with Crippen molar-refractivity contribution in [3.8, 4) is 0 Å². The molecule has 0 aromatic heterocycles. The summed E-state index contributed by atoms with van der Waals surface area (Å²) < 4.78 is 0. The van der Waals surface area contributed by atoms with Crippen LogP contribution in [0.2, 0.25) is 0 Å². The van der Waals surface area contributed by atoms with Gasteiger partial charge in [0.2, 0.25) is 0 Å². The monoisotopic (exact) mass is 346 g/mol. The van der Waals surface area contributed by atoms with Crippen molar-refractivity contribution in [2.45, 2.75) is 55.4 Å². The van der Waals surface area contributed by atoms with Crippen LogP contribution in [0, 0.1) is 41.5 Å². The SMILES string of the molecule is C=C1N(c2c(C)cc(C)cc2C)C(C)=C(C)N1c1c(C)cc(C)cc1C. The molecule has 0 aliphatic carbocycles. The number of allylic oxidation sites excluding steroid dienone is 2. The van der Waals surface area contributed by atoms with Crippen molar-refractivity contribution < 1.29 is 0 Å². The molecule has 0 amide bonds. The van der Waals surface area contributed by atoms with Crippen molar-refractivity contribution in [3.63, 3.8) is 0 Å². The van der Waals surface area contributed by atoms with E-state index in [2.05, 4.69) is 96.0 Å². The summed E-state index contributed by atoms with van der Waals surface area (Å²) in [5.41, 5.74) is 12.7. The average molecular weight is 347 g/mol. The third-order valence-electron chi connectivity index (χ3n) is 5.43. The topological polar surface area (TPSA) is 6.48 Å². The van der Waals surface area contributed by atoms with Crippen molar-refractivity contribution in [2.75, 3.05) is 9.80 Å². The van der Waals surface area contributed by atoms with Crippen LogP contribution in [0.3, 0.4) is 0 Å². The molecule has 0 unspecified atom stereocenters. The molecule has 0 bridgehead atoms. The summed E-state index contributed by atoms with van der Waals surface area (Å²) in [6.45, 7) is 21.9. The summed E-state index contributed by atoms with van der Waals surface area (Å²) in [7, 11) is 0. The second-order valence-corrected chi connectivity index (χ2v) is 7.75. The summed E-state index contributed by atoms with van der Waals surface area (Å²) in [6, 6.07) is 9.01. The predicted molar refractivity (Wildman–Crippen MR) is 114 cm³/mol. The van der Waals surface area contributed by atoms with Crippen molar-refractivity contribution in [1.29, 1.82) is 0 Å². The average Bonchev–Trinajstić information content (AvgIpc) is 2.71. The van der Waals surface area contributed by atoms with Gasteiger partial charge in [-0.3, -0.25) is 9.80 Å². The summed E-state index contributed by atoms with van der Waals surface area (Å²) in [5.74, 6) is 1.00. The van der Waals surface area contributed by atoms with Gasteiger partial charge >= 0.3 is 0 Å². The van der Waals surface area contributed by atoms with Gasteiger partial charge in [0.25, 0.3) is 0 Å². The van der Waals surface area contributed by atoms with Crippen LogP contribution in [0.1, 0.15) is 47.2 Å². The smallest absolute Gasteiger partial charge is 0.114 e. The summed E-state index contributed by atoms with van der Waals surface area (Å²) in [4.78, 5) is 4.64. The normalized spacial score (nSPS) is 14.7. The Hall–Kier alpha value is -2.48. The maximum absolute atomic E-state index is 4.49. The first-order valence-corrected chi connectivity index (χ1v) is 9.25. The molecule has 0 fully saturated rings. The van der Waals surface area contributed by atoms with E-state index in [1.165, 1.54) is 56.1 Å². The Morgan fingerprint density at radius 1 is 0.538 bits per heavy atom. The standard InChI is InChI=1S/C24H30N2/c1-14-10-16(3)23(17(4)11-14)25-20(7)21(8)26(22(25)9)24-18(5)12-15(2)13-19(24)6/h10-13H,9H2,1-8H3. The maximum atomic E-state index is 4.49. The van der Waals surface area contributed by atoms with E-state index >= 15 is 0 Å². The number of hydrogen-bond acceptors (Lipinski definition) is 2. The molecule has 2 aromatic rings. The lowest BCUT2D eigenvalue weighted by molar-refractivity contribution is 1.04. The molecule has 0 atom stereocenters. The van der Waals surface area contributed by atoms with Crippen molar-refractivity contribution >= 4 is 11.4 Å². The van der Waals surface area contributed by atoms with Crippen LogP contribution in [0.25, 0.3) is 0 Å². The number of hydrogen-bond donors (Lipinski definition) is 0. The number of aryl methyl sites for hydroxylation is 6. The molecule has 1 aliphatic rings. The molecule has 0 N–H and O–H groups in total. The highest BCUT2D eigenvalue weighted by molar-refractivity contribution is 5.78. The molecule has 0 saturated carbocycles. The fourth-order valence-electron chi connectivity index (χ4n) is 4.45. The minimum absolute atomic E-state index is 1.00. The molecule has 1 aliphatic heterocycles. The third kappa shape index (κ3) is 2.74. The Bertz CT molecular complexity index is 825. The molecule has 26 heavy (non-hydrogen) atoms. The predicted octanol–water partition coefficient (Wildman–Crippen LogP) is 6.59. The Kier molecular flexibility index (Phi) is 4.47. The molecule has 2 aromatic carbocycles. The van der Waals surface area contributed by atoms with Gasteiger partial charge in [-0.2, -0.15) is 0 Å². The van der Waals surface area contributed by atoms with Crippen molar-refractivity contribution in [3.05, 3.63) is 81.4 Å². The molecule has 2 heteroatoms. The van der Waals surface area contributed by atoms with Crippen LogP contribution in [0.15, 0.2) is 48.1 Å². The molecular weight excluding hydrogens is 316 g/mol. The Labute approximate surface area is 158 Å². The molecule has 136 valence electrons. The summed E-state index contributed by atoms with van der Waals surface area (Å²) in [5, 5.41) is 0. The zero-order chi connectivity index (χ0) is 19.3. The fraction of sp³-hybridized carbons (Fsp3) is 0.333. The lowest BCUT2D eigenvalue weighted by Gasteiger charge is -2.30. The summed E-state index contributed by atoms with van der Waals surface area (Å²) in [6.07, 6.45) is 0. The van der Waals surface area contributed by atoms with E-state index in [-0.39, 0.29) is 0 Å². The number of benzene rings is 2. The van der Waals surface area contributed by atoms with Crippen LogP contribution in [0.5, 0.6) is 0 Å². The highest BCUT2D eigenvalue weighted by atomic mass is 15.4. The lowest BCUT2D eigenvalue weighted by Crippen LogP contribution is -2.26. The number of anilines is 2. The minimum atomic E-state index is 1.00.